The number of nitrogens with one attached hydrogen (secondary N) is 1. The molecule has 0 aliphatic carbocycles. The Bertz CT molecular complexity index is 402. The van der Waals surface area contributed by atoms with Gasteiger partial charge in [0.15, 0.2) is 23.3 Å². The molecule has 0 fully saturated rings. The molecule has 0 aliphatic heterocycles. The van der Waals surface area contributed by atoms with Gasteiger partial charge >= 0.3 is 0 Å². The van der Waals surface area contributed by atoms with Crippen molar-refractivity contribution in [2.75, 3.05) is 37.0 Å². The molecule has 0 amide bonds. The van der Waals surface area contributed by atoms with Crippen molar-refractivity contribution in [3.8, 4) is 0 Å². The minimum Gasteiger partial charge on any atom is -0.396 e. The van der Waals surface area contributed by atoms with Crippen LogP contribution in [0.4, 0.5) is 20.4 Å². The lowest BCUT2D eigenvalue weighted by Gasteiger charge is -2.19. The molecular weight excluding hydrogens is 252 g/mol. The molecule has 1 aromatic heterocycles. The monoisotopic (exact) mass is 273 g/mol. The van der Waals surface area contributed by atoms with Crippen molar-refractivity contribution < 1.29 is 13.9 Å². The molecule has 4 nitrogen and oxygen atoms in total. The van der Waals surface area contributed by atoms with E-state index < -0.39 is 11.6 Å². The van der Waals surface area contributed by atoms with Gasteiger partial charge in [0.25, 0.3) is 0 Å². The Morgan fingerprint density at radius 1 is 1.26 bits per heavy atom. The first-order valence-electron chi connectivity index (χ1n) is 6.52. The molecule has 0 unspecified atom stereocenters. The molecule has 1 rings (SSSR count). The number of unbranched alkanes of at least 4 members (excludes halogenated alkanes) is 2. The lowest BCUT2D eigenvalue weighted by atomic mass is 10.2. The van der Waals surface area contributed by atoms with Crippen LogP contribution in [-0.2, 0) is 0 Å². The zero-order valence-electron chi connectivity index (χ0n) is 11.4. The van der Waals surface area contributed by atoms with E-state index in [0.717, 1.165) is 25.3 Å². The standard InChI is InChI=1S/C13H21F2N3O/c1-3-16-12-10(14)9-11(15)13(17-12)18(2)7-5-4-6-8-19/h9,19H,3-8H2,1-2H3,(H,16,17). The predicted molar refractivity (Wildman–Crippen MR) is 72.5 cm³/mol. The summed E-state index contributed by atoms with van der Waals surface area (Å²) < 4.78 is 27.1. The highest BCUT2D eigenvalue weighted by Gasteiger charge is 2.14. The summed E-state index contributed by atoms with van der Waals surface area (Å²) in [5, 5.41) is 11.4. The van der Waals surface area contributed by atoms with Crippen molar-refractivity contribution in [2.24, 2.45) is 0 Å². The molecule has 0 spiro atoms. The molecule has 0 atom stereocenters. The van der Waals surface area contributed by atoms with E-state index in [0.29, 0.717) is 13.1 Å². The number of hydrogen-bond donors (Lipinski definition) is 2. The molecule has 0 radical (unpaired) electrons. The fraction of sp³-hybridized carbons (Fsp3) is 0.615. The summed E-state index contributed by atoms with van der Waals surface area (Å²) in [7, 11) is 1.72. The fourth-order valence-electron chi connectivity index (χ4n) is 1.76. The zero-order valence-corrected chi connectivity index (χ0v) is 11.4. The number of pyridine rings is 1. The highest BCUT2D eigenvalue weighted by atomic mass is 19.1. The molecule has 0 aliphatic rings. The van der Waals surface area contributed by atoms with E-state index in [9.17, 15) is 8.78 Å². The lowest BCUT2D eigenvalue weighted by Crippen LogP contribution is -2.22. The summed E-state index contributed by atoms with van der Waals surface area (Å²) in [6, 6.07) is 0.852. The second kappa shape index (κ2) is 7.89. The van der Waals surface area contributed by atoms with Crippen LogP contribution in [0.2, 0.25) is 0 Å². The highest BCUT2D eigenvalue weighted by Crippen LogP contribution is 2.21. The highest BCUT2D eigenvalue weighted by molar-refractivity contribution is 5.48. The molecule has 0 aromatic carbocycles. The van der Waals surface area contributed by atoms with E-state index in [1.807, 2.05) is 6.92 Å². The van der Waals surface area contributed by atoms with E-state index in [2.05, 4.69) is 10.3 Å². The molecule has 19 heavy (non-hydrogen) atoms. The van der Waals surface area contributed by atoms with Gasteiger partial charge in [-0.2, -0.15) is 0 Å². The summed E-state index contributed by atoms with van der Waals surface area (Å²) >= 11 is 0. The normalized spacial score (nSPS) is 10.6. The van der Waals surface area contributed by atoms with Gasteiger partial charge < -0.3 is 15.3 Å². The minimum absolute atomic E-state index is 0.0705. The number of rotatable bonds is 8. The number of nitrogens with zero attached hydrogens (tertiary/aromatic N) is 2. The molecule has 1 aromatic rings. The van der Waals surface area contributed by atoms with Crippen LogP contribution in [0.1, 0.15) is 26.2 Å². The van der Waals surface area contributed by atoms with Crippen molar-refractivity contribution in [1.29, 1.82) is 0 Å². The van der Waals surface area contributed by atoms with Gasteiger partial charge in [-0.3, -0.25) is 0 Å². The van der Waals surface area contributed by atoms with E-state index in [4.69, 9.17) is 5.11 Å². The Morgan fingerprint density at radius 3 is 2.63 bits per heavy atom. The third-order valence-corrected chi connectivity index (χ3v) is 2.77. The van der Waals surface area contributed by atoms with Crippen molar-refractivity contribution in [2.45, 2.75) is 26.2 Å². The summed E-state index contributed by atoms with van der Waals surface area (Å²) in [5.74, 6) is -1.14. The summed E-state index contributed by atoms with van der Waals surface area (Å²) in [5.41, 5.74) is 0. The smallest absolute Gasteiger partial charge is 0.168 e. The van der Waals surface area contributed by atoms with Gasteiger partial charge in [-0.05, 0) is 26.2 Å². The number of anilines is 2. The van der Waals surface area contributed by atoms with Gasteiger partial charge in [-0.1, -0.05) is 0 Å². The van der Waals surface area contributed by atoms with Gasteiger partial charge in [0, 0.05) is 32.8 Å². The number of halogens is 2. The quantitative estimate of drug-likeness (QED) is 0.714. The minimum atomic E-state index is -0.684. The van der Waals surface area contributed by atoms with Crippen LogP contribution in [0.3, 0.4) is 0 Å². The van der Waals surface area contributed by atoms with E-state index in [1.165, 1.54) is 0 Å². The number of aromatic nitrogens is 1. The lowest BCUT2D eigenvalue weighted by molar-refractivity contribution is 0.283. The Kier molecular flexibility index (Phi) is 6.49. The van der Waals surface area contributed by atoms with Crippen LogP contribution in [-0.4, -0.2) is 36.8 Å². The molecule has 2 N–H and O–H groups in total. The van der Waals surface area contributed by atoms with Crippen LogP contribution in [0.25, 0.3) is 0 Å². The maximum absolute atomic E-state index is 13.7. The maximum atomic E-state index is 13.7. The molecule has 0 saturated heterocycles. The Morgan fingerprint density at radius 2 is 2.00 bits per heavy atom. The van der Waals surface area contributed by atoms with Crippen LogP contribution in [0.15, 0.2) is 6.07 Å². The van der Waals surface area contributed by atoms with Gasteiger partial charge in [0.1, 0.15) is 0 Å². The molecule has 0 bridgehead atoms. The number of aliphatic hydroxyl groups excluding tert-OH is 1. The van der Waals surface area contributed by atoms with Gasteiger partial charge in [0.05, 0.1) is 0 Å². The van der Waals surface area contributed by atoms with Gasteiger partial charge in [-0.15, -0.1) is 0 Å². The average Bonchev–Trinajstić information content (AvgIpc) is 2.38. The van der Waals surface area contributed by atoms with Crippen LogP contribution in [0.5, 0.6) is 0 Å². The van der Waals surface area contributed by atoms with E-state index in [1.54, 1.807) is 11.9 Å². The third kappa shape index (κ3) is 4.63. The van der Waals surface area contributed by atoms with Crippen LogP contribution >= 0.6 is 0 Å². The Hall–Kier alpha value is -1.43. The van der Waals surface area contributed by atoms with Gasteiger partial charge in [0.2, 0.25) is 0 Å². The summed E-state index contributed by atoms with van der Waals surface area (Å²) in [6.45, 7) is 3.12. The van der Waals surface area contributed by atoms with Crippen molar-refractivity contribution in [3.63, 3.8) is 0 Å². The second-order valence-electron chi connectivity index (χ2n) is 4.36. The van der Waals surface area contributed by atoms with Crippen LogP contribution in [0, 0.1) is 11.6 Å². The third-order valence-electron chi connectivity index (χ3n) is 2.77. The molecule has 0 saturated carbocycles. The summed E-state index contributed by atoms with van der Waals surface area (Å²) in [6.07, 6.45) is 2.42. The fourth-order valence-corrected chi connectivity index (χ4v) is 1.76. The second-order valence-corrected chi connectivity index (χ2v) is 4.36. The van der Waals surface area contributed by atoms with Crippen LogP contribution < -0.4 is 10.2 Å². The van der Waals surface area contributed by atoms with E-state index >= 15 is 0 Å². The SMILES string of the molecule is CCNc1nc(N(C)CCCCCO)c(F)cc1F. The Labute approximate surface area is 112 Å². The number of hydrogen-bond acceptors (Lipinski definition) is 4. The van der Waals surface area contributed by atoms with E-state index in [-0.39, 0.29) is 18.2 Å². The molecular formula is C13H21F2N3O. The molecule has 6 heteroatoms. The first-order chi connectivity index (χ1) is 9.10. The molecule has 1 heterocycles. The first-order valence-corrected chi connectivity index (χ1v) is 6.52. The maximum Gasteiger partial charge on any atom is 0.168 e. The largest absolute Gasteiger partial charge is 0.396 e. The predicted octanol–water partition coefficient (Wildman–Crippen LogP) is 2.39. The first kappa shape index (κ1) is 15.6. The zero-order chi connectivity index (χ0) is 14.3. The average molecular weight is 273 g/mol. The van der Waals surface area contributed by atoms with Crippen molar-refractivity contribution in [1.82, 2.24) is 4.98 Å². The van der Waals surface area contributed by atoms with Crippen molar-refractivity contribution in [3.05, 3.63) is 17.7 Å². The topological polar surface area (TPSA) is 48.4 Å². The molecule has 108 valence electrons. The summed E-state index contributed by atoms with van der Waals surface area (Å²) in [4.78, 5) is 5.64. The van der Waals surface area contributed by atoms with Crippen molar-refractivity contribution >= 4 is 11.6 Å². The Balaban J connectivity index is 2.72. The number of aliphatic hydroxyl groups is 1. The van der Waals surface area contributed by atoms with Gasteiger partial charge in [-0.25, -0.2) is 13.8 Å².